The Morgan fingerprint density at radius 1 is 1.08 bits per heavy atom. The summed E-state index contributed by atoms with van der Waals surface area (Å²) in [5.41, 5.74) is -2.22. The Hall–Kier alpha value is -2.36. The third-order valence-corrected chi connectivity index (χ3v) is 2.69. The maximum Gasteiger partial charge on any atom is 0.426 e. The average Bonchev–Trinajstić information content (AvgIpc) is 2.54. The topological polar surface area (TPSA) is 57.1 Å². The van der Waals surface area contributed by atoms with Crippen LogP contribution < -0.4 is 4.74 Å². The van der Waals surface area contributed by atoms with Gasteiger partial charge in [-0.1, -0.05) is 0 Å². The number of hydrogen-bond acceptors (Lipinski definition) is 5. The van der Waals surface area contributed by atoms with E-state index in [-0.39, 0.29) is 0 Å². The summed E-state index contributed by atoms with van der Waals surface area (Å²) in [5.74, 6) is -4.42. The molecular formula is C15H16F5N3O2. The first-order chi connectivity index (χ1) is 11.8. The van der Waals surface area contributed by atoms with Crippen LogP contribution in [0.4, 0.5) is 22.0 Å². The highest BCUT2D eigenvalue weighted by atomic mass is 19.4. The number of halogens is 5. The molecule has 0 aliphatic heterocycles. The zero-order valence-electron chi connectivity index (χ0n) is 13.7. The zero-order chi connectivity index (χ0) is 19.0. The molecule has 0 radical (unpaired) electrons. The monoisotopic (exact) mass is 365 g/mol. The van der Waals surface area contributed by atoms with Gasteiger partial charge in [-0.2, -0.15) is 27.5 Å². The summed E-state index contributed by atoms with van der Waals surface area (Å²) >= 11 is 0. The van der Waals surface area contributed by atoms with Gasteiger partial charge >= 0.3 is 6.18 Å². The second kappa shape index (κ2) is 9.21. The van der Waals surface area contributed by atoms with E-state index in [1.807, 2.05) is 13.8 Å². The molecule has 0 saturated heterocycles. The lowest BCUT2D eigenvalue weighted by molar-refractivity contribution is -0.142. The normalized spacial score (nSPS) is 10.9. The first-order valence-corrected chi connectivity index (χ1v) is 7.13. The van der Waals surface area contributed by atoms with Gasteiger partial charge in [0.05, 0.1) is 7.11 Å². The number of methoxy groups -OCH3 is 1. The van der Waals surface area contributed by atoms with Crippen molar-refractivity contribution < 1.29 is 31.4 Å². The molecule has 0 spiro atoms. The molecule has 0 amide bonds. The molecule has 2 aromatic rings. The van der Waals surface area contributed by atoms with Gasteiger partial charge in [0.15, 0.2) is 17.2 Å². The van der Waals surface area contributed by atoms with Crippen molar-refractivity contribution in [1.82, 2.24) is 15.0 Å². The predicted molar refractivity (Wildman–Crippen MR) is 78.9 cm³/mol. The van der Waals surface area contributed by atoms with Gasteiger partial charge in [0.1, 0.15) is 5.69 Å². The van der Waals surface area contributed by atoms with Crippen LogP contribution in [0.5, 0.6) is 5.88 Å². The van der Waals surface area contributed by atoms with E-state index >= 15 is 0 Å². The molecule has 0 saturated carbocycles. The molecule has 5 nitrogen and oxygen atoms in total. The summed E-state index contributed by atoms with van der Waals surface area (Å²) in [6.07, 6.45) is -3.86. The molecule has 0 atom stereocenters. The fraction of sp³-hybridized carbons (Fsp3) is 0.400. The largest absolute Gasteiger partial charge is 0.480 e. The summed E-state index contributed by atoms with van der Waals surface area (Å²) < 4.78 is 74.0. The maximum absolute atomic E-state index is 13.5. The lowest BCUT2D eigenvalue weighted by atomic mass is 10.2. The van der Waals surface area contributed by atoms with Crippen molar-refractivity contribution in [3.8, 4) is 17.4 Å². The van der Waals surface area contributed by atoms with Crippen LogP contribution in [0, 0.1) is 11.8 Å². The van der Waals surface area contributed by atoms with E-state index in [4.69, 9.17) is 4.74 Å². The van der Waals surface area contributed by atoms with Crippen molar-refractivity contribution in [3.63, 3.8) is 0 Å². The Morgan fingerprint density at radius 3 is 2.16 bits per heavy atom. The number of aromatic nitrogens is 3. The quantitative estimate of drug-likeness (QED) is 0.608. The van der Waals surface area contributed by atoms with E-state index in [1.165, 1.54) is 12.3 Å². The number of nitrogens with zero attached hydrogens (tertiary/aromatic N) is 3. The van der Waals surface area contributed by atoms with Crippen molar-refractivity contribution >= 4 is 0 Å². The number of alkyl halides is 3. The molecule has 0 bridgehead atoms. The van der Waals surface area contributed by atoms with Gasteiger partial charge in [-0.15, -0.1) is 0 Å². The highest BCUT2D eigenvalue weighted by molar-refractivity contribution is 5.51. The van der Waals surface area contributed by atoms with E-state index in [1.54, 1.807) is 0 Å². The molecule has 0 fully saturated rings. The van der Waals surface area contributed by atoms with Gasteiger partial charge in [0.2, 0.25) is 11.8 Å². The Bertz CT molecular complexity index is 693. The van der Waals surface area contributed by atoms with Crippen LogP contribution >= 0.6 is 0 Å². The first kappa shape index (κ1) is 20.7. The average molecular weight is 365 g/mol. The second-order valence-electron chi connectivity index (χ2n) is 4.34. The number of pyridine rings is 1. The van der Waals surface area contributed by atoms with Crippen molar-refractivity contribution in [1.29, 1.82) is 0 Å². The molecule has 2 aromatic heterocycles. The fourth-order valence-corrected chi connectivity index (χ4v) is 1.66. The van der Waals surface area contributed by atoms with Crippen molar-refractivity contribution in [2.24, 2.45) is 0 Å². The zero-order valence-corrected chi connectivity index (χ0v) is 13.7. The minimum atomic E-state index is -5.03. The van der Waals surface area contributed by atoms with Gasteiger partial charge in [0.25, 0.3) is 0 Å². The molecule has 0 aliphatic carbocycles. The third kappa shape index (κ3) is 5.59. The molecule has 2 heterocycles. The van der Waals surface area contributed by atoms with E-state index in [2.05, 4.69) is 19.7 Å². The summed E-state index contributed by atoms with van der Waals surface area (Å²) in [7, 11) is 0.884. The Kier molecular flexibility index (Phi) is 7.62. The summed E-state index contributed by atoms with van der Waals surface area (Å²) in [5, 5.41) is 0. The smallest absolute Gasteiger partial charge is 0.426 e. The number of rotatable bonds is 4. The fourth-order valence-electron chi connectivity index (χ4n) is 1.66. The Morgan fingerprint density at radius 2 is 1.72 bits per heavy atom. The van der Waals surface area contributed by atoms with Crippen LogP contribution in [-0.4, -0.2) is 35.3 Å². The van der Waals surface area contributed by atoms with Crippen molar-refractivity contribution in [2.75, 3.05) is 20.3 Å². The molecule has 0 unspecified atom stereocenters. The first-order valence-electron chi connectivity index (χ1n) is 7.13. The molecule has 0 aliphatic rings. The van der Waals surface area contributed by atoms with Crippen LogP contribution in [-0.2, 0) is 10.9 Å². The second-order valence-corrected chi connectivity index (χ2v) is 4.34. The number of ether oxygens (including phenoxy) is 2. The molecule has 10 heteroatoms. The van der Waals surface area contributed by atoms with Gasteiger partial charge < -0.3 is 9.47 Å². The van der Waals surface area contributed by atoms with Crippen LogP contribution in [0.25, 0.3) is 11.5 Å². The summed E-state index contributed by atoms with van der Waals surface area (Å²) in [6, 6.07) is 2.25. The minimum Gasteiger partial charge on any atom is -0.480 e. The van der Waals surface area contributed by atoms with Gasteiger partial charge in [-0.05, 0) is 26.0 Å². The highest BCUT2D eigenvalue weighted by Gasteiger charge is 2.40. The molecule has 0 N–H and O–H groups in total. The molecule has 2 rings (SSSR count). The SMILES string of the molecule is CCOCC.COc1nc(-c2ncccc2F)nc(F)c1C(F)(F)F. The van der Waals surface area contributed by atoms with Crippen molar-refractivity contribution in [3.05, 3.63) is 35.7 Å². The number of hydrogen-bond donors (Lipinski definition) is 0. The molecule has 25 heavy (non-hydrogen) atoms. The third-order valence-electron chi connectivity index (χ3n) is 2.69. The maximum atomic E-state index is 13.5. The van der Waals surface area contributed by atoms with Crippen LogP contribution in [0.15, 0.2) is 18.3 Å². The lowest BCUT2D eigenvalue weighted by Gasteiger charge is -2.12. The van der Waals surface area contributed by atoms with E-state index < -0.39 is 40.9 Å². The van der Waals surface area contributed by atoms with Crippen LogP contribution in [0.1, 0.15) is 19.4 Å². The standard InChI is InChI=1S/C11H6F5N3O.C4H10O/c1-20-10-6(11(14,15)16)8(13)18-9(19-10)7-5(12)3-2-4-17-7;1-3-5-4-2/h2-4H,1H3;3-4H2,1-2H3. The minimum absolute atomic E-state index is 0.474. The van der Waals surface area contributed by atoms with Crippen molar-refractivity contribution in [2.45, 2.75) is 20.0 Å². The van der Waals surface area contributed by atoms with E-state index in [9.17, 15) is 22.0 Å². The van der Waals surface area contributed by atoms with Crippen LogP contribution in [0.2, 0.25) is 0 Å². The Balaban J connectivity index is 0.000000550. The lowest BCUT2D eigenvalue weighted by Crippen LogP contribution is -2.14. The van der Waals surface area contributed by atoms with Crippen LogP contribution in [0.3, 0.4) is 0 Å². The van der Waals surface area contributed by atoms with Gasteiger partial charge in [-0.25, -0.2) is 9.37 Å². The summed E-state index contributed by atoms with van der Waals surface area (Å²) in [6.45, 7) is 5.67. The van der Waals surface area contributed by atoms with E-state index in [0.29, 0.717) is 0 Å². The van der Waals surface area contributed by atoms with Gasteiger partial charge in [0, 0.05) is 19.4 Å². The van der Waals surface area contributed by atoms with Gasteiger partial charge in [-0.3, -0.25) is 0 Å². The molecule has 0 aromatic carbocycles. The highest BCUT2D eigenvalue weighted by Crippen LogP contribution is 2.37. The molecule has 138 valence electrons. The molecular weight excluding hydrogens is 349 g/mol. The van der Waals surface area contributed by atoms with E-state index in [0.717, 1.165) is 26.4 Å². The summed E-state index contributed by atoms with van der Waals surface area (Å²) in [4.78, 5) is 9.91. The predicted octanol–water partition coefficient (Wildman–Crippen LogP) is 3.89. The Labute approximate surface area is 140 Å².